The number of aromatic nitrogens is 3. The Bertz CT molecular complexity index is 956. The summed E-state index contributed by atoms with van der Waals surface area (Å²) in [6.45, 7) is 13.3. The van der Waals surface area contributed by atoms with Gasteiger partial charge >= 0.3 is 0 Å². The maximum atomic E-state index is 4.30. The highest BCUT2D eigenvalue weighted by atomic mass is 32.1. The van der Waals surface area contributed by atoms with E-state index in [2.05, 4.69) is 71.6 Å². The van der Waals surface area contributed by atoms with Crippen LogP contribution < -0.4 is 5.32 Å². The highest BCUT2D eigenvalue weighted by Gasteiger charge is 2.19. The molecule has 0 aliphatic carbocycles. The predicted molar refractivity (Wildman–Crippen MR) is 146 cm³/mol. The van der Waals surface area contributed by atoms with Crippen molar-refractivity contribution >= 4 is 29.2 Å². The molecule has 1 N–H and O–H groups in total. The van der Waals surface area contributed by atoms with Crippen LogP contribution in [0.5, 0.6) is 0 Å². The first-order valence-corrected chi connectivity index (χ1v) is 12.7. The number of thiol groups is 1. The SMILES string of the molecule is CC1CCCN(CC(C)(C)C)CC1.CNc1cc2cc(-c3cnccn3)ccc2cn1.CS. The minimum atomic E-state index is 0.466. The van der Waals surface area contributed by atoms with Crippen molar-refractivity contribution in [2.75, 3.05) is 38.3 Å². The van der Waals surface area contributed by atoms with Gasteiger partial charge in [0.2, 0.25) is 0 Å². The Morgan fingerprint density at radius 3 is 2.45 bits per heavy atom. The van der Waals surface area contributed by atoms with Crippen LogP contribution in [0.3, 0.4) is 0 Å². The van der Waals surface area contributed by atoms with Gasteiger partial charge in [0.1, 0.15) is 5.82 Å². The number of likely N-dealkylation sites (tertiary alicyclic amines) is 1. The number of nitrogens with one attached hydrogen (secondary N) is 1. The summed E-state index contributed by atoms with van der Waals surface area (Å²) in [6.07, 6.45) is 12.9. The number of pyridine rings is 1. The lowest BCUT2D eigenvalue weighted by Gasteiger charge is -2.28. The monoisotopic (exact) mass is 467 g/mol. The molecule has 1 aromatic carbocycles. The fourth-order valence-corrected chi connectivity index (χ4v) is 4.04. The number of fused-ring (bicyclic) bond motifs is 1. The lowest BCUT2D eigenvalue weighted by molar-refractivity contribution is 0.196. The fourth-order valence-electron chi connectivity index (χ4n) is 4.04. The number of anilines is 1. The van der Waals surface area contributed by atoms with Gasteiger partial charge in [0, 0.05) is 43.1 Å². The summed E-state index contributed by atoms with van der Waals surface area (Å²) in [4.78, 5) is 15.3. The van der Waals surface area contributed by atoms with Crippen LogP contribution >= 0.6 is 12.6 Å². The van der Waals surface area contributed by atoms with Crippen LogP contribution in [-0.2, 0) is 0 Å². The number of benzene rings is 1. The molecule has 0 saturated carbocycles. The average molecular weight is 468 g/mol. The Kier molecular flexibility index (Phi) is 11.1. The summed E-state index contributed by atoms with van der Waals surface area (Å²) in [5, 5.41) is 5.29. The van der Waals surface area contributed by atoms with Crippen LogP contribution in [0, 0.1) is 11.3 Å². The van der Waals surface area contributed by atoms with Gasteiger partial charge in [0.15, 0.2) is 0 Å². The third kappa shape index (κ3) is 9.30. The van der Waals surface area contributed by atoms with Gasteiger partial charge in [-0.25, -0.2) is 4.98 Å². The maximum Gasteiger partial charge on any atom is 0.126 e. The van der Waals surface area contributed by atoms with Crippen LogP contribution in [0.25, 0.3) is 22.0 Å². The molecule has 3 heterocycles. The van der Waals surface area contributed by atoms with Gasteiger partial charge in [-0.1, -0.05) is 39.8 Å². The first-order valence-electron chi connectivity index (χ1n) is 11.8. The smallest absolute Gasteiger partial charge is 0.126 e. The molecule has 0 bridgehead atoms. The van der Waals surface area contributed by atoms with Crippen molar-refractivity contribution in [2.45, 2.75) is 47.0 Å². The van der Waals surface area contributed by atoms with Gasteiger partial charge in [-0.2, -0.15) is 12.6 Å². The van der Waals surface area contributed by atoms with Crippen molar-refractivity contribution in [1.29, 1.82) is 0 Å². The third-order valence-corrected chi connectivity index (χ3v) is 5.64. The zero-order valence-corrected chi connectivity index (χ0v) is 22.1. The molecule has 0 amide bonds. The highest BCUT2D eigenvalue weighted by molar-refractivity contribution is 7.79. The van der Waals surface area contributed by atoms with Crippen molar-refractivity contribution in [3.05, 3.63) is 49.1 Å². The lowest BCUT2D eigenvalue weighted by Crippen LogP contribution is -2.33. The summed E-state index contributed by atoms with van der Waals surface area (Å²) in [6, 6.07) is 8.20. The largest absolute Gasteiger partial charge is 0.373 e. The molecule has 6 heteroatoms. The molecule has 0 radical (unpaired) electrons. The lowest BCUT2D eigenvalue weighted by atomic mass is 9.96. The molecule has 33 heavy (non-hydrogen) atoms. The fraction of sp³-hybridized carbons (Fsp3) is 0.519. The normalized spacial score (nSPS) is 16.6. The number of rotatable bonds is 3. The second-order valence-electron chi connectivity index (χ2n) is 9.85. The molecule has 1 unspecified atom stereocenters. The maximum absolute atomic E-state index is 4.30. The van der Waals surface area contributed by atoms with Crippen LogP contribution in [0.2, 0.25) is 0 Å². The average Bonchev–Trinajstić information content (AvgIpc) is 3.03. The molecule has 1 saturated heterocycles. The number of hydrogen-bond donors (Lipinski definition) is 2. The standard InChI is InChI=1S/C14H12N4.C12H25N.CH4S/c1-15-14-7-12-6-10(2-3-11(12)8-18-14)13-9-16-4-5-17-13;1-11-6-5-8-13(9-7-11)10-12(2,3)4;1-2/h2-9H,1H3,(H,15,18);11H,5-10H2,1-4H3;2H,1H3. The zero-order chi connectivity index (χ0) is 24.3. The van der Waals surface area contributed by atoms with Crippen LogP contribution in [-0.4, -0.2) is 52.8 Å². The van der Waals surface area contributed by atoms with E-state index in [9.17, 15) is 0 Å². The van der Waals surface area contributed by atoms with Crippen LogP contribution in [0.1, 0.15) is 47.0 Å². The van der Waals surface area contributed by atoms with E-state index < -0.39 is 0 Å². The van der Waals surface area contributed by atoms with Crippen LogP contribution in [0.4, 0.5) is 5.82 Å². The topological polar surface area (TPSA) is 53.9 Å². The Labute approximate surface area is 205 Å². The van der Waals surface area contributed by atoms with Crippen molar-refractivity contribution in [1.82, 2.24) is 19.9 Å². The van der Waals surface area contributed by atoms with E-state index in [4.69, 9.17) is 0 Å². The Hall–Kier alpha value is -2.18. The summed E-state index contributed by atoms with van der Waals surface area (Å²) >= 11 is 3.53. The second kappa shape index (κ2) is 13.5. The summed E-state index contributed by atoms with van der Waals surface area (Å²) in [5.41, 5.74) is 2.40. The predicted octanol–water partition coefficient (Wildman–Crippen LogP) is 6.43. The van der Waals surface area contributed by atoms with E-state index in [1.54, 1.807) is 24.8 Å². The van der Waals surface area contributed by atoms with Gasteiger partial charge in [0.25, 0.3) is 0 Å². The van der Waals surface area contributed by atoms with E-state index >= 15 is 0 Å². The molecule has 0 spiro atoms. The Morgan fingerprint density at radius 2 is 1.79 bits per heavy atom. The van der Waals surface area contributed by atoms with Crippen LogP contribution in [0.15, 0.2) is 49.1 Å². The zero-order valence-electron chi connectivity index (χ0n) is 21.2. The Morgan fingerprint density at radius 1 is 1.00 bits per heavy atom. The van der Waals surface area contributed by atoms with Crippen molar-refractivity contribution < 1.29 is 0 Å². The van der Waals surface area contributed by atoms with E-state index in [0.717, 1.165) is 33.8 Å². The van der Waals surface area contributed by atoms with E-state index in [1.165, 1.54) is 38.9 Å². The Balaban J connectivity index is 0.000000228. The van der Waals surface area contributed by atoms with E-state index in [1.807, 2.05) is 31.4 Å². The van der Waals surface area contributed by atoms with E-state index in [0.29, 0.717) is 5.41 Å². The molecule has 1 aliphatic heterocycles. The number of nitrogens with zero attached hydrogens (tertiary/aromatic N) is 4. The van der Waals surface area contributed by atoms with Gasteiger partial charge in [-0.05, 0) is 67.5 Å². The summed E-state index contributed by atoms with van der Waals surface area (Å²) in [5.74, 6) is 1.81. The third-order valence-electron chi connectivity index (χ3n) is 5.64. The summed E-state index contributed by atoms with van der Waals surface area (Å²) < 4.78 is 0. The molecular weight excluding hydrogens is 426 g/mol. The molecule has 1 atom stereocenters. The van der Waals surface area contributed by atoms with E-state index in [-0.39, 0.29) is 0 Å². The molecule has 1 aliphatic rings. The molecule has 180 valence electrons. The van der Waals surface area contributed by atoms with Crippen molar-refractivity contribution in [2.24, 2.45) is 11.3 Å². The molecule has 1 fully saturated rings. The van der Waals surface area contributed by atoms with Gasteiger partial charge in [0.05, 0.1) is 11.9 Å². The van der Waals surface area contributed by atoms with Gasteiger partial charge < -0.3 is 10.2 Å². The molecule has 2 aromatic heterocycles. The minimum Gasteiger partial charge on any atom is -0.373 e. The van der Waals surface area contributed by atoms with Crippen molar-refractivity contribution in [3.8, 4) is 11.3 Å². The molecular formula is C27H41N5S. The molecule has 3 aromatic rings. The minimum absolute atomic E-state index is 0.466. The molecule has 5 nitrogen and oxygen atoms in total. The first-order chi connectivity index (χ1) is 15.8. The van der Waals surface area contributed by atoms with Gasteiger partial charge in [-0.15, -0.1) is 0 Å². The quantitative estimate of drug-likeness (QED) is 0.435. The first kappa shape index (κ1) is 27.1. The van der Waals surface area contributed by atoms with Gasteiger partial charge in [-0.3, -0.25) is 9.97 Å². The van der Waals surface area contributed by atoms with Crippen molar-refractivity contribution in [3.63, 3.8) is 0 Å². The second-order valence-corrected chi connectivity index (χ2v) is 9.85. The highest BCUT2D eigenvalue weighted by Crippen LogP contribution is 2.24. The number of hydrogen-bond acceptors (Lipinski definition) is 6. The summed E-state index contributed by atoms with van der Waals surface area (Å²) in [7, 11) is 1.86. The molecule has 4 rings (SSSR count).